The number of aliphatic hydroxyl groups excluding tert-OH is 1. The number of carboxylic acid groups (broad SMARTS) is 1. The Morgan fingerprint density at radius 1 is 1.35 bits per heavy atom. The summed E-state index contributed by atoms with van der Waals surface area (Å²) < 4.78 is 0. The zero-order valence-corrected chi connectivity index (χ0v) is 15.3. The SMILES string of the molecule is C=C1CC[C@H]2C(C)(C)C[C@@H](O)C[C@]2(C)[C@@H]1CC[C@H](C)CC(=O)O. The smallest absolute Gasteiger partial charge is 0.303 e. The van der Waals surface area contributed by atoms with Crippen LogP contribution in [0.25, 0.3) is 0 Å². The van der Waals surface area contributed by atoms with Gasteiger partial charge in [0.2, 0.25) is 0 Å². The van der Waals surface area contributed by atoms with Crippen LogP contribution >= 0.6 is 0 Å². The van der Waals surface area contributed by atoms with Crippen molar-refractivity contribution in [1.82, 2.24) is 0 Å². The van der Waals surface area contributed by atoms with Gasteiger partial charge in [-0.05, 0) is 67.1 Å². The lowest BCUT2D eigenvalue weighted by Crippen LogP contribution is -2.53. The number of carbonyl (C=O) groups is 1. The number of aliphatic hydroxyl groups is 1. The molecular weight excluding hydrogens is 288 g/mol. The van der Waals surface area contributed by atoms with Crippen LogP contribution in [0.4, 0.5) is 0 Å². The van der Waals surface area contributed by atoms with Crippen LogP contribution in [0, 0.1) is 28.6 Å². The number of hydrogen-bond acceptors (Lipinski definition) is 2. The van der Waals surface area contributed by atoms with Crippen LogP contribution in [0.15, 0.2) is 12.2 Å². The molecule has 3 nitrogen and oxygen atoms in total. The zero-order chi connectivity index (χ0) is 17.4. The maximum atomic E-state index is 10.9. The largest absolute Gasteiger partial charge is 0.481 e. The molecule has 0 bridgehead atoms. The lowest BCUT2D eigenvalue weighted by Gasteiger charge is -2.59. The van der Waals surface area contributed by atoms with Crippen LogP contribution in [0.3, 0.4) is 0 Å². The standard InChI is InChI=1S/C20H34O3/c1-13(10-18(22)23)6-8-16-14(2)7-9-17-19(3,4)11-15(21)12-20(16,17)5/h13,15-17,21H,2,6-12H2,1,3-5H3,(H,22,23)/t13-,15+,16+,17-,20+/m0/s1. The molecule has 23 heavy (non-hydrogen) atoms. The van der Waals surface area contributed by atoms with Crippen molar-refractivity contribution in [3.05, 3.63) is 12.2 Å². The number of allylic oxidation sites excluding steroid dienone is 1. The molecule has 0 aromatic rings. The third-order valence-electron chi connectivity index (χ3n) is 6.69. The summed E-state index contributed by atoms with van der Waals surface area (Å²) in [6.45, 7) is 13.3. The van der Waals surface area contributed by atoms with Crippen molar-refractivity contribution in [3.8, 4) is 0 Å². The van der Waals surface area contributed by atoms with Crippen LogP contribution in [0.5, 0.6) is 0 Å². The Morgan fingerprint density at radius 2 is 2.00 bits per heavy atom. The molecule has 2 fully saturated rings. The molecule has 3 heteroatoms. The van der Waals surface area contributed by atoms with Crippen LogP contribution < -0.4 is 0 Å². The molecule has 2 aliphatic rings. The summed E-state index contributed by atoms with van der Waals surface area (Å²) >= 11 is 0. The van der Waals surface area contributed by atoms with Crippen molar-refractivity contribution in [2.24, 2.45) is 28.6 Å². The minimum Gasteiger partial charge on any atom is -0.481 e. The van der Waals surface area contributed by atoms with E-state index in [0.29, 0.717) is 11.8 Å². The van der Waals surface area contributed by atoms with Crippen LogP contribution in [0.2, 0.25) is 0 Å². The molecule has 2 rings (SSSR count). The van der Waals surface area contributed by atoms with E-state index in [-0.39, 0.29) is 29.3 Å². The van der Waals surface area contributed by atoms with Gasteiger partial charge in [-0.15, -0.1) is 0 Å². The summed E-state index contributed by atoms with van der Waals surface area (Å²) in [5.74, 6) is 0.513. The normalized spacial score (nSPS) is 38.0. The van der Waals surface area contributed by atoms with E-state index in [1.807, 2.05) is 6.92 Å². The van der Waals surface area contributed by atoms with Gasteiger partial charge in [-0.1, -0.05) is 39.8 Å². The minimum atomic E-state index is -0.710. The average Bonchev–Trinajstić information content (AvgIpc) is 2.34. The molecule has 0 radical (unpaired) electrons. The molecule has 0 aromatic carbocycles. The third kappa shape index (κ3) is 3.81. The maximum absolute atomic E-state index is 10.9. The Balaban J connectivity index is 2.16. The van der Waals surface area contributed by atoms with E-state index in [0.717, 1.165) is 32.1 Å². The van der Waals surface area contributed by atoms with Crippen molar-refractivity contribution in [3.63, 3.8) is 0 Å². The zero-order valence-electron chi connectivity index (χ0n) is 15.3. The Hall–Kier alpha value is -0.830. The first-order valence-electron chi connectivity index (χ1n) is 9.14. The molecule has 2 N–H and O–H groups in total. The van der Waals surface area contributed by atoms with Crippen molar-refractivity contribution >= 4 is 5.97 Å². The lowest BCUT2D eigenvalue weighted by molar-refractivity contribution is -0.138. The molecule has 0 aliphatic heterocycles. The number of rotatable bonds is 5. The van der Waals surface area contributed by atoms with E-state index in [9.17, 15) is 9.90 Å². The van der Waals surface area contributed by atoms with Crippen molar-refractivity contribution in [2.45, 2.75) is 78.7 Å². The van der Waals surface area contributed by atoms with E-state index in [2.05, 4.69) is 27.4 Å². The van der Waals surface area contributed by atoms with Gasteiger partial charge in [-0.3, -0.25) is 4.79 Å². The summed E-state index contributed by atoms with van der Waals surface area (Å²) in [5, 5.41) is 19.4. The Morgan fingerprint density at radius 3 is 2.61 bits per heavy atom. The number of aliphatic carboxylic acids is 1. The molecule has 5 atom stereocenters. The number of fused-ring (bicyclic) bond motifs is 1. The molecule has 2 saturated carbocycles. The highest BCUT2D eigenvalue weighted by molar-refractivity contribution is 5.66. The number of carboxylic acids is 1. The highest BCUT2D eigenvalue weighted by Crippen LogP contribution is 2.61. The fourth-order valence-corrected chi connectivity index (χ4v) is 5.83. The van der Waals surface area contributed by atoms with Gasteiger partial charge in [-0.2, -0.15) is 0 Å². The predicted molar refractivity (Wildman–Crippen MR) is 93.1 cm³/mol. The van der Waals surface area contributed by atoms with E-state index in [4.69, 9.17) is 5.11 Å². The fourth-order valence-electron chi connectivity index (χ4n) is 5.83. The molecule has 0 heterocycles. The lowest BCUT2D eigenvalue weighted by atomic mass is 9.46. The summed E-state index contributed by atoms with van der Waals surface area (Å²) in [7, 11) is 0. The van der Waals surface area contributed by atoms with Crippen LogP contribution in [-0.4, -0.2) is 22.3 Å². The fraction of sp³-hybridized carbons (Fsp3) is 0.850. The molecule has 0 saturated heterocycles. The minimum absolute atomic E-state index is 0.0967. The summed E-state index contributed by atoms with van der Waals surface area (Å²) in [6, 6.07) is 0. The van der Waals surface area contributed by atoms with Gasteiger partial charge in [0.1, 0.15) is 0 Å². The Bertz CT molecular complexity index is 468. The molecule has 0 unspecified atom stereocenters. The highest BCUT2D eigenvalue weighted by atomic mass is 16.4. The van der Waals surface area contributed by atoms with Crippen molar-refractivity contribution in [1.29, 1.82) is 0 Å². The van der Waals surface area contributed by atoms with Crippen molar-refractivity contribution in [2.75, 3.05) is 0 Å². The first-order chi connectivity index (χ1) is 10.6. The topological polar surface area (TPSA) is 57.5 Å². The molecule has 0 aromatic heterocycles. The summed E-state index contributed by atoms with van der Waals surface area (Å²) in [5.41, 5.74) is 1.58. The molecule has 132 valence electrons. The third-order valence-corrected chi connectivity index (χ3v) is 6.69. The van der Waals surface area contributed by atoms with Gasteiger partial charge < -0.3 is 10.2 Å². The second-order valence-corrected chi connectivity index (χ2v) is 9.14. The van der Waals surface area contributed by atoms with Gasteiger partial charge >= 0.3 is 5.97 Å². The molecular formula is C20H34O3. The van der Waals surface area contributed by atoms with E-state index in [1.165, 1.54) is 12.0 Å². The average molecular weight is 322 g/mol. The van der Waals surface area contributed by atoms with Gasteiger partial charge in [0.05, 0.1) is 6.10 Å². The quantitative estimate of drug-likeness (QED) is 0.725. The monoisotopic (exact) mass is 322 g/mol. The second kappa shape index (κ2) is 6.58. The van der Waals surface area contributed by atoms with E-state index < -0.39 is 5.97 Å². The molecule has 0 spiro atoms. The predicted octanol–water partition coefficient (Wildman–Crippen LogP) is 4.65. The summed E-state index contributed by atoms with van der Waals surface area (Å²) in [6.07, 6.45) is 5.95. The van der Waals surface area contributed by atoms with Gasteiger partial charge in [0.15, 0.2) is 0 Å². The molecule has 0 amide bonds. The maximum Gasteiger partial charge on any atom is 0.303 e. The summed E-state index contributed by atoms with van der Waals surface area (Å²) in [4.78, 5) is 10.9. The van der Waals surface area contributed by atoms with Gasteiger partial charge in [-0.25, -0.2) is 0 Å². The highest BCUT2D eigenvalue weighted by Gasteiger charge is 2.54. The van der Waals surface area contributed by atoms with E-state index >= 15 is 0 Å². The van der Waals surface area contributed by atoms with Crippen LogP contribution in [-0.2, 0) is 4.79 Å². The van der Waals surface area contributed by atoms with Gasteiger partial charge in [0.25, 0.3) is 0 Å². The second-order valence-electron chi connectivity index (χ2n) is 9.14. The van der Waals surface area contributed by atoms with Gasteiger partial charge in [0, 0.05) is 6.42 Å². The number of hydrogen-bond donors (Lipinski definition) is 2. The molecule has 2 aliphatic carbocycles. The van der Waals surface area contributed by atoms with E-state index in [1.54, 1.807) is 0 Å². The van der Waals surface area contributed by atoms with Crippen LogP contribution in [0.1, 0.15) is 72.6 Å². The first-order valence-corrected chi connectivity index (χ1v) is 9.14. The van der Waals surface area contributed by atoms with Crippen molar-refractivity contribution < 1.29 is 15.0 Å². The Labute approximate surface area is 141 Å². The first kappa shape index (κ1) is 18.5. The Kier molecular flexibility index (Phi) is 5.30.